The highest BCUT2D eigenvalue weighted by molar-refractivity contribution is 5.87. The van der Waals surface area contributed by atoms with Crippen molar-refractivity contribution in [1.82, 2.24) is 4.98 Å². The smallest absolute Gasteiger partial charge is 0.139 e. The first-order chi connectivity index (χ1) is 8.12. The van der Waals surface area contributed by atoms with Crippen LogP contribution in [0.25, 0.3) is 11.0 Å². The molecule has 0 atom stereocenters. The van der Waals surface area contributed by atoms with E-state index in [4.69, 9.17) is 9.52 Å². The van der Waals surface area contributed by atoms with Gasteiger partial charge in [-0.05, 0) is 24.0 Å². The van der Waals surface area contributed by atoms with Crippen LogP contribution >= 0.6 is 0 Å². The summed E-state index contributed by atoms with van der Waals surface area (Å²) in [5.41, 5.74) is 0.880. The Morgan fingerprint density at radius 3 is 3.00 bits per heavy atom. The van der Waals surface area contributed by atoms with Crippen LogP contribution in [0.15, 0.2) is 29.0 Å². The molecule has 2 heterocycles. The molecule has 0 aromatic carbocycles. The average Bonchev–Trinajstić information content (AvgIpc) is 2.74. The number of nitrogens with one attached hydrogen (secondary N) is 1. The number of aliphatic hydroxyl groups is 1. The number of nitrogens with zero attached hydrogens (tertiary/aromatic N) is 1. The third-order valence-corrected chi connectivity index (χ3v) is 2.90. The van der Waals surface area contributed by atoms with E-state index in [0.29, 0.717) is 0 Å². The lowest BCUT2D eigenvalue weighted by Crippen LogP contribution is -2.24. The molecule has 2 rings (SSSR count). The van der Waals surface area contributed by atoms with Crippen LogP contribution in [0.3, 0.4) is 0 Å². The third-order valence-electron chi connectivity index (χ3n) is 2.90. The maximum absolute atomic E-state index is 8.98. The summed E-state index contributed by atoms with van der Waals surface area (Å²) >= 11 is 0. The van der Waals surface area contributed by atoms with E-state index in [0.717, 1.165) is 29.8 Å². The monoisotopic (exact) mass is 234 g/mol. The Bertz CT molecular complexity index is 491. The summed E-state index contributed by atoms with van der Waals surface area (Å²) in [5, 5.41) is 13.3. The van der Waals surface area contributed by atoms with E-state index in [9.17, 15) is 0 Å². The topological polar surface area (TPSA) is 58.3 Å². The van der Waals surface area contributed by atoms with E-state index >= 15 is 0 Å². The predicted molar refractivity (Wildman–Crippen MR) is 68.0 cm³/mol. The summed E-state index contributed by atoms with van der Waals surface area (Å²) < 4.78 is 5.32. The molecule has 0 fully saturated rings. The van der Waals surface area contributed by atoms with Gasteiger partial charge in [0.1, 0.15) is 11.4 Å². The minimum absolute atomic E-state index is 0.0440. The summed E-state index contributed by atoms with van der Waals surface area (Å²) in [6, 6.07) is 3.75. The Balaban J connectivity index is 2.11. The molecule has 4 nitrogen and oxygen atoms in total. The van der Waals surface area contributed by atoms with Gasteiger partial charge in [-0.25, -0.2) is 4.98 Å². The van der Waals surface area contributed by atoms with Crippen LogP contribution in [0.4, 0.5) is 5.82 Å². The zero-order valence-electron chi connectivity index (χ0n) is 10.2. The summed E-state index contributed by atoms with van der Waals surface area (Å²) in [4.78, 5) is 4.31. The van der Waals surface area contributed by atoms with Gasteiger partial charge in [-0.2, -0.15) is 0 Å². The van der Waals surface area contributed by atoms with E-state index < -0.39 is 0 Å². The van der Waals surface area contributed by atoms with E-state index in [-0.39, 0.29) is 12.0 Å². The maximum atomic E-state index is 8.98. The second kappa shape index (κ2) is 4.75. The molecule has 0 saturated heterocycles. The molecule has 17 heavy (non-hydrogen) atoms. The van der Waals surface area contributed by atoms with Crippen LogP contribution in [-0.4, -0.2) is 23.2 Å². The van der Waals surface area contributed by atoms with Crippen LogP contribution in [0.1, 0.15) is 20.3 Å². The van der Waals surface area contributed by atoms with E-state index in [1.165, 1.54) is 0 Å². The van der Waals surface area contributed by atoms with Crippen molar-refractivity contribution >= 4 is 16.8 Å². The SMILES string of the molecule is CC(C)(CCO)CNc1nccc2occc12. The van der Waals surface area contributed by atoms with Gasteiger partial charge in [0.15, 0.2) is 0 Å². The number of pyridine rings is 1. The van der Waals surface area contributed by atoms with E-state index in [2.05, 4.69) is 24.1 Å². The number of anilines is 1. The molecule has 2 N–H and O–H groups in total. The molecule has 0 bridgehead atoms. The predicted octanol–water partition coefficient (Wildman–Crippen LogP) is 2.65. The van der Waals surface area contributed by atoms with Crippen molar-refractivity contribution < 1.29 is 9.52 Å². The molecule has 92 valence electrons. The van der Waals surface area contributed by atoms with Crippen molar-refractivity contribution in [2.24, 2.45) is 5.41 Å². The molecule has 0 unspecified atom stereocenters. The Morgan fingerprint density at radius 2 is 2.24 bits per heavy atom. The van der Waals surface area contributed by atoms with E-state index in [1.54, 1.807) is 12.5 Å². The molecule has 2 aromatic heterocycles. The van der Waals surface area contributed by atoms with Crippen molar-refractivity contribution in [3.05, 3.63) is 24.6 Å². The minimum atomic E-state index is 0.0440. The first-order valence-corrected chi connectivity index (χ1v) is 5.79. The fraction of sp³-hybridized carbons (Fsp3) is 0.462. The summed E-state index contributed by atoms with van der Waals surface area (Å²) in [7, 11) is 0. The molecule has 0 aliphatic heterocycles. The molecule has 0 amide bonds. The van der Waals surface area contributed by atoms with Gasteiger partial charge in [0.05, 0.1) is 11.6 Å². The molecule has 0 radical (unpaired) electrons. The normalized spacial score (nSPS) is 11.9. The zero-order chi connectivity index (χ0) is 12.3. The number of hydrogen-bond acceptors (Lipinski definition) is 4. The highest BCUT2D eigenvalue weighted by Gasteiger charge is 2.17. The Hall–Kier alpha value is -1.55. The summed E-state index contributed by atoms with van der Waals surface area (Å²) in [6.45, 7) is 5.21. The number of furan rings is 1. The van der Waals surface area contributed by atoms with Gasteiger partial charge in [0, 0.05) is 19.3 Å². The number of aromatic nitrogens is 1. The van der Waals surface area contributed by atoms with Crippen molar-refractivity contribution in [3.63, 3.8) is 0 Å². The average molecular weight is 234 g/mol. The van der Waals surface area contributed by atoms with Crippen molar-refractivity contribution in [2.75, 3.05) is 18.5 Å². The third kappa shape index (κ3) is 2.77. The lowest BCUT2D eigenvalue weighted by Gasteiger charge is -2.24. The van der Waals surface area contributed by atoms with Crippen LogP contribution < -0.4 is 5.32 Å². The first-order valence-electron chi connectivity index (χ1n) is 5.79. The number of aliphatic hydroxyl groups excluding tert-OH is 1. The molecule has 0 aliphatic carbocycles. The Labute approximate surface area is 101 Å². The van der Waals surface area contributed by atoms with Gasteiger partial charge in [0.2, 0.25) is 0 Å². The largest absolute Gasteiger partial charge is 0.464 e. The molecule has 0 aliphatic rings. The van der Waals surface area contributed by atoms with E-state index in [1.807, 2.05) is 12.1 Å². The summed E-state index contributed by atoms with van der Waals surface area (Å²) in [5.74, 6) is 0.835. The van der Waals surface area contributed by atoms with Gasteiger partial charge in [-0.15, -0.1) is 0 Å². The van der Waals surface area contributed by atoms with Gasteiger partial charge >= 0.3 is 0 Å². The van der Waals surface area contributed by atoms with Crippen molar-refractivity contribution in [1.29, 1.82) is 0 Å². The zero-order valence-corrected chi connectivity index (χ0v) is 10.2. The number of fused-ring (bicyclic) bond motifs is 1. The van der Waals surface area contributed by atoms with Crippen LogP contribution in [0.2, 0.25) is 0 Å². The lowest BCUT2D eigenvalue weighted by atomic mass is 9.90. The second-order valence-electron chi connectivity index (χ2n) is 4.98. The van der Waals surface area contributed by atoms with Gasteiger partial charge in [-0.1, -0.05) is 13.8 Å². The second-order valence-corrected chi connectivity index (χ2v) is 4.98. The number of hydrogen-bond donors (Lipinski definition) is 2. The van der Waals surface area contributed by atoms with Gasteiger partial charge < -0.3 is 14.8 Å². The van der Waals surface area contributed by atoms with Gasteiger partial charge in [0.25, 0.3) is 0 Å². The molecule has 2 aromatic rings. The standard InChI is InChI=1S/C13H18N2O2/c1-13(2,5-7-16)9-15-12-10-4-8-17-11(10)3-6-14-12/h3-4,6,8,16H,5,7,9H2,1-2H3,(H,14,15). The molecule has 0 spiro atoms. The Morgan fingerprint density at radius 1 is 1.41 bits per heavy atom. The highest BCUT2D eigenvalue weighted by Crippen LogP contribution is 2.25. The fourth-order valence-electron chi connectivity index (χ4n) is 1.75. The molecule has 4 heteroatoms. The van der Waals surface area contributed by atoms with Crippen LogP contribution in [0.5, 0.6) is 0 Å². The molecular formula is C13H18N2O2. The maximum Gasteiger partial charge on any atom is 0.139 e. The summed E-state index contributed by atoms with van der Waals surface area (Å²) in [6.07, 6.45) is 4.16. The minimum Gasteiger partial charge on any atom is -0.464 e. The lowest BCUT2D eigenvalue weighted by molar-refractivity contribution is 0.220. The highest BCUT2D eigenvalue weighted by atomic mass is 16.3. The quantitative estimate of drug-likeness (QED) is 0.835. The van der Waals surface area contributed by atoms with Crippen LogP contribution in [-0.2, 0) is 0 Å². The van der Waals surface area contributed by atoms with Gasteiger partial charge in [-0.3, -0.25) is 0 Å². The fourth-order valence-corrected chi connectivity index (χ4v) is 1.75. The number of rotatable bonds is 5. The van der Waals surface area contributed by atoms with Crippen molar-refractivity contribution in [3.8, 4) is 0 Å². The van der Waals surface area contributed by atoms with Crippen LogP contribution in [0, 0.1) is 5.41 Å². The molecule has 0 saturated carbocycles. The Kier molecular flexibility index (Phi) is 3.33. The molecular weight excluding hydrogens is 216 g/mol. The van der Waals surface area contributed by atoms with Crippen molar-refractivity contribution in [2.45, 2.75) is 20.3 Å². The first kappa shape index (κ1) is 11.9.